The van der Waals surface area contributed by atoms with Crippen LogP contribution in [-0.2, 0) is 12.8 Å². The molecule has 0 aliphatic heterocycles. The van der Waals surface area contributed by atoms with E-state index in [0.29, 0.717) is 5.92 Å². The predicted molar refractivity (Wildman–Crippen MR) is 87.8 cm³/mol. The summed E-state index contributed by atoms with van der Waals surface area (Å²) in [6, 6.07) is 10.8. The van der Waals surface area contributed by atoms with Crippen LogP contribution in [0.1, 0.15) is 17.5 Å². The molecule has 2 aromatic rings. The Bertz CT molecular complexity index is 465. The molecule has 1 unspecified atom stereocenters. The zero-order valence-corrected chi connectivity index (χ0v) is 14.1. The molecule has 3 heteroatoms. The summed E-state index contributed by atoms with van der Waals surface area (Å²) in [4.78, 5) is 0. The van der Waals surface area contributed by atoms with E-state index in [9.17, 15) is 0 Å². The summed E-state index contributed by atoms with van der Waals surface area (Å²) in [5, 5.41) is 5.48. The molecule has 0 amide bonds. The maximum Gasteiger partial charge on any atom is 0.0207 e. The van der Waals surface area contributed by atoms with Crippen LogP contribution in [-0.4, -0.2) is 5.33 Å². The summed E-state index contributed by atoms with van der Waals surface area (Å²) < 4.78 is 1.23. The van der Waals surface area contributed by atoms with Crippen LogP contribution in [0, 0.1) is 5.92 Å². The lowest BCUT2D eigenvalue weighted by atomic mass is 9.95. The fourth-order valence-electron chi connectivity index (χ4n) is 2.01. The fourth-order valence-corrected chi connectivity index (χ4v) is 3.72. The second-order valence-corrected chi connectivity index (χ2v) is 6.77. The molecule has 0 radical (unpaired) electrons. The van der Waals surface area contributed by atoms with E-state index in [2.05, 4.69) is 73.0 Å². The second-order valence-electron chi connectivity index (χ2n) is 4.49. The normalized spacial score (nSPS) is 12.6. The predicted octanol–water partition coefficient (Wildman–Crippen LogP) is 5.70. The van der Waals surface area contributed by atoms with Crippen molar-refractivity contribution in [1.82, 2.24) is 0 Å². The van der Waals surface area contributed by atoms with Crippen molar-refractivity contribution in [3.05, 3.63) is 56.7 Å². The van der Waals surface area contributed by atoms with Gasteiger partial charge in [-0.1, -0.05) is 50.1 Å². The number of benzene rings is 1. The average Bonchev–Trinajstić information content (AvgIpc) is 2.90. The Morgan fingerprint density at radius 3 is 2.67 bits per heavy atom. The third-order valence-corrected chi connectivity index (χ3v) is 5.53. The van der Waals surface area contributed by atoms with Crippen LogP contribution < -0.4 is 0 Å². The Balaban J connectivity index is 1.91. The monoisotopic (exact) mass is 386 g/mol. The summed E-state index contributed by atoms with van der Waals surface area (Å²) in [7, 11) is 0. The fraction of sp³-hybridized carbons (Fsp3) is 0.333. The number of hydrogen-bond acceptors (Lipinski definition) is 1. The summed E-state index contributed by atoms with van der Waals surface area (Å²) in [5.41, 5.74) is 2.88. The molecule has 2 rings (SSSR count). The molecular formula is C15H16Br2S. The average molecular weight is 388 g/mol. The molecule has 1 heterocycles. The van der Waals surface area contributed by atoms with Crippen molar-refractivity contribution >= 4 is 43.2 Å². The summed E-state index contributed by atoms with van der Waals surface area (Å²) >= 11 is 9.07. The Hall–Kier alpha value is -0.120. The van der Waals surface area contributed by atoms with Crippen molar-refractivity contribution in [2.24, 2.45) is 5.92 Å². The minimum Gasteiger partial charge on any atom is -0.152 e. The van der Waals surface area contributed by atoms with Crippen LogP contribution in [0.25, 0.3) is 0 Å². The first-order chi connectivity index (χ1) is 8.79. The molecule has 1 atom stereocenters. The molecule has 0 aliphatic rings. The van der Waals surface area contributed by atoms with E-state index in [-0.39, 0.29) is 0 Å². The van der Waals surface area contributed by atoms with Gasteiger partial charge >= 0.3 is 0 Å². The molecule has 0 aliphatic carbocycles. The largest absolute Gasteiger partial charge is 0.152 e. The van der Waals surface area contributed by atoms with Crippen molar-refractivity contribution in [1.29, 1.82) is 0 Å². The van der Waals surface area contributed by atoms with Crippen molar-refractivity contribution in [2.75, 3.05) is 5.33 Å². The van der Waals surface area contributed by atoms with Gasteiger partial charge in [0.25, 0.3) is 0 Å². The molecule has 96 valence electrons. The van der Waals surface area contributed by atoms with Crippen LogP contribution in [0.3, 0.4) is 0 Å². The topological polar surface area (TPSA) is 0 Å². The Labute approximate surface area is 130 Å². The zero-order valence-electron chi connectivity index (χ0n) is 10.1. The summed E-state index contributed by atoms with van der Waals surface area (Å²) in [6.07, 6.45) is 3.56. The van der Waals surface area contributed by atoms with Gasteiger partial charge in [0.15, 0.2) is 0 Å². The number of hydrogen-bond donors (Lipinski definition) is 0. The first kappa shape index (κ1) is 14.3. The second kappa shape index (κ2) is 7.46. The van der Waals surface area contributed by atoms with Gasteiger partial charge in [-0.25, -0.2) is 0 Å². The lowest BCUT2D eigenvalue weighted by molar-refractivity contribution is 0.542. The molecule has 0 bridgehead atoms. The maximum absolute atomic E-state index is 3.65. The zero-order chi connectivity index (χ0) is 12.8. The van der Waals surface area contributed by atoms with E-state index >= 15 is 0 Å². The molecule has 0 spiro atoms. The smallest absolute Gasteiger partial charge is 0.0207 e. The van der Waals surface area contributed by atoms with Gasteiger partial charge in [-0.05, 0) is 59.2 Å². The number of halogens is 2. The van der Waals surface area contributed by atoms with E-state index in [4.69, 9.17) is 0 Å². The Morgan fingerprint density at radius 1 is 1.17 bits per heavy atom. The highest BCUT2D eigenvalue weighted by molar-refractivity contribution is 9.10. The van der Waals surface area contributed by atoms with Gasteiger partial charge in [-0.3, -0.25) is 0 Å². The lowest BCUT2D eigenvalue weighted by Gasteiger charge is -2.14. The van der Waals surface area contributed by atoms with E-state index in [0.717, 1.165) is 11.8 Å². The molecule has 1 aromatic carbocycles. The quantitative estimate of drug-likeness (QED) is 0.558. The Morgan fingerprint density at radius 2 is 2.00 bits per heavy atom. The third-order valence-electron chi connectivity index (χ3n) is 3.11. The van der Waals surface area contributed by atoms with Crippen molar-refractivity contribution in [3.8, 4) is 0 Å². The number of rotatable bonds is 6. The van der Waals surface area contributed by atoms with Crippen LogP contribution in [0.5, 0.6) is 0 Å². The number of aryl methyl sites for hydroxylation is 1. The number of alkyl halides is 1. The van der Waals surface area contributed by atoms with Crippen LogP contribution in [0.15, 0.2) is 45.6 Å². The molecule has 18 heavy (non-hydrogen) atoms. The molecule has 0 N–H and O–H groups in total. The standard InChI is InChI=1S/C15H16Br2S/c16-10-13(6-5-12-7-8-18-11-12)9-14-3-1-2-4-15(14)17/h1-4,7-8,11,13H,5-6,9-10H2. The van der Waals surface area contributed by atoms with Crippen LogP contribution in [0.2, 0.25) is 0 Å². The molecule has 0 fully saturated rings. The molecule has 0 saturated carbocycles. The molecule has 0 saturated heterocycles. The van der Waals surface area contributed by atoms with Gasteiger partial charge in [-0.2, -0.15) is 11.3 Å². The molecular weight excluding hydrogens is 372 g/mol. The van der Waals surface area contributed by atoms with Crippen molar-refractivity contribution in [2.45, 2.75) is 19.3 Å². The van der Waals surface area contributed by atoms with Gasteiger partial charge < -0.3 is 0 Å². The van der Waals surface area contributed by atoms with Gasteiger partial charge in [0.05, 0.1) is 0 Å². The molecule has 0 nitrogen and oxygen atoms in total. The van der Waals surface area contributed by atoms with Gasteiger partial charge in [0.2, 0.25) is 0 Å². The van der Waals surface area contributed by atoms with Crippen molar-refractivity contribution in [3.63, 3.8) is 0 Å². The van der Waals surface area contributed by atoms with Gasteiger partial charge in [0, 0.05) is 9.80 Å². The van der Waals surface area contributed by atoms with Gasteiger partial charge in [-0.15, -0.1) is 0 Å². The summed E-state index contributed by atoms with van der Waals surface area (Å²) in [6.45, 7) is 0. The Kier molecular flexibility index (Phi) is 5.93. The van der Waals surface area contributed by atoms with Crippen LogP contribution in [0.4, 0.5) is 0 Å². The van der Waals surface area contributed by atoms with E-state index < -0.39 is 0 Å². The minimum absolute atomic E-state index is 0.698. The van der Waals surface area contributed by atoms with E-state index in [1.54, 1.807) is 11.3 Å². The van der Waals surface area contributed by atoms with Crippen LogP contribution >= 0.6 is 43.2 Å². The SMILES string of the molecule is BrCC(CCc1ccsc1)Cc1ccccc1Br. The highest BCUT2D eigenvalue weighted by atomic mass is 79.9. The van der Waals surface area contributed by atoms with E-state index in [1.807, 2.05) is 0 Å². The summed E-state index contributed by atoms with van der Waals surface area (Å²) in [5.74, 6) is 0.698. The first-order valence-electron chi connectivity index (χ1n) is 6.10. The minimum atomic E-state index is 0.698. The molecule has 1 aromatic heterocycles. The number of thiophene rings is 1. The maximum atomic E-state index is 3.65. The highest BCUT2D eigenvalue weighted by Gasteiger charge is 2.10. The highest BCUT2D eigenvalue weighted by Crippen LogP contribution is 2.23. The van der Waals surface area contributed by atoms with Crippen molar-refractivity contribution < 1.29 is 0 Å². The van der Waals surface area contributed by atoms with Gasteiger partial charge in [0.1, 0.15) is 0 Å². The first-order valence-corrected chi connectivity index (χ1v) is 8.95. The lowest BCUT2D eigenvalue weighted by Crippen LogP contribution is -2.08. The third kappa shape index (κ3) is 4.22. The van der Waals surface area contributed by atoms with E-state index in [1.165, 1.54) is 28.4 Å².